The van der Waals surface area contributed by atoms with Crippen molar-refractivity contribution in [3.63, 3.8) is 0 Å². The van der Waals surface area contributed by atoms with E-state index in [1.165, 1.54) is 77.0 Å². The molecule has 40 heavy (non-hydrogen) atoms. The van der Waals surface area contributed by atoms with Crippen molar-refractivity contribution < 1.29 is 4.74 Å². The van der Waals surface area contributed by atoms with Crippen molar-refractivity contribution in [2.24, 2.45) is 53.3 Å². The highest BCUT2D eigenvalue weighted by atomic mass is 16.5. The van der Waals surface area contributed by atoms with E-state index in [2.05, 4.69) is 24.0 Å². The minimum absolute atomic E-state index is 0.525. The van der Waals surface area contributed by atoms with E-state index >= 15 is 0 Å². The van der Waals surface area contributed by atoms with E-state index in [9.17, 15) is 0 Å². The van der Waals surface area contributed by atoms with Crippen molar-refractivity contribution in [1.29, 1.82) is 0 Å². The number of allylic oxidation sites excluding steroid dienone is 2. The first-order valence-electron chi connectivity index (χ1n) is 18.7. The molecular formula is C38H63NO. The molecule has 7 aliphatic carbocycles. The predicted octanol–water partition coefficient (Wildman–Crippen LogP) is 9.82. The molecule has 0 N–H and O–H groups in total. The van der Waals surface area contributed by atoms with Crippen LogP contribution in [0.25, 0.3) is 0 Å². The van der Waals surface area contributed by atoms with Gasteiger partial charge in [-0.15, -0.1) is 0 Å². The van der Waals surface area contributed by atoms with E-state index in [-0.39, 0.29) is 0 Å². The van der Waals surface area contributed by atoms with Crippen molar-refractivity contribution in [3.05, 3.63) is 12.2 Å². The minimum atomic E-state index is 0.525. The standard InChI is InChI=1S/C38H63NO/c1-26-6-18-32(19-7-26)39(33-20-10-27(11-21-33)8-9-28-12-22-34(40-2)23-13-28)36-25-17-31-15-14-29-4-3-5-30-16-24-35(36)38(31)37(29)30/h8-9,26-38H,3-7,10-25H2,1-2H3. The molecule has 0 spiro atoms. The summed E-state index contributed by atoms with van der Waals surface area (Å²) in [5.74, 6) is 9.21. The van der Waals surface area contributed by atoms with Gasteiger partial charge in [-0.3, -0.25) is 4.90 Å². The van der Waals surface area contributed by atoms with Gasteiger partial charge >= 0.3 is 0 Å². The van der Waals surface area contributed by atoms with Gasteiger partial charge in [-0.05, 0) is 169 Å². The Morgan fingerprint density at radius 1 is 0.525 bits per heavy atom. The maximum atomic E-state index is 5.62. The van der Waals surface area contributed by atoms with Crippen LogP contribution in [0.4, 0.5) is 0 Å². The summed E-state index contributed by atoms with van der Waals surface area (Å²) >= 11 is 0. The van der Waals surface area contributed by atoms with E-state index in [4.69, 9.17) is 4.74 Å². The topological polar surface area (TPSA) is 12.5 Å². The molecule has 0 aliphatic heterocycles. The Bertz CT molecular complexity index is 822. The third kappa shape index (κ3) is 5.77. The quantitative estimate of drug-likeness (QED) is 0.306. The molecule has 0 saturated heterocycles. The number of ether oxygens (including phenoxy) is 1. The van der Waals surface area contributed by atoms with Crippen LogP contribution >= 0.6 is 0 Å². The van der Waals surface area contributed by atoms with Gasteiger partial charge in [-0.2, -0.15) is 0 Å². The maximum absolute atomic E-state index is 5.62. The normalized spacial score (nSPS) is 49.6. The second-order valence-corrected chi connectivity index (χ2v) is 16.4. The summed E-state index contributed by atoms with van der Waals surface area (Å²) in [6.45, 7) is 2.53. The van der Waals surface area contributed by atoms with E-state index in [1.807, 2.05) is 7.11 Å². The number of rotatable bonds is 6. The van der Waals surface area contributed by atoms with Crippen LogP contribution in [0.1, 0.15) is 142 Å². The molecule has 7 fully saturated rings. The lowest BCUT2D eigenvalue weighted by Crippen LogP contribution is -2.61. The second-order valence-electron chi connectivity index (χ2n) is 16.4. The Hall–Kier alpha value is -0.340. The summed E-state index contributed by atoms with van der Waals surface area (Å²) in [5.41, 5.74) is 0. The van der Waals surface area contributed by atoms with E-state index < -0.39 is 0 Å². The fourth-order valence-corrected chi connectivity index (χ4v) is 12.4. The highest BCUT2D eigenvalue weighted by Gasteiger charge is 2.55. The molecule has 0 radical (unpaired) electrons. The SMILES string of the molecule is COC1CCC(C=CC2CCC(N(C3CCC(C)CC3)C3CCC4CCC5CCCC6CCC3C4C56)CC2)CC1. The number of methoxy groups -OCH3 is 1. The van der Waals surface area contributed by atoms with Gasteiger partial charge in [0.05, 0.1) is 6.10 Å². The minimum Gasteiger partial charge on any atom is -0.381 e. The fourth-order valence-electron chi connectivity index (χ4n) is 12.4. The Kier molecular flexibility index (Phi) is 9.04. The number of nitrogens with zero attached hydrogens (tertiary/aromatic N) is 1. The van der Waals surface area contributed by atoms with E-state index in [0.29, 0.717) is 6.10 Å². The zero-order valence-corrected chi connectivity index (χ0v) is 26.4. The van der Waals surface area contributed by atoms with Gasteiger partial charge in [0.15, 0.2) is 0 Å². The van der Waals surface area contributed by atoms with Gasteiger partial charge in [0.2, 0.25) is 0 Å². The van der Waals surface area contributed by atoms with Crippen LogP contribution in [0.3, 0.4) is 0 Å². The third-order valence-corrected chi connectivity index (χ3v) is 14.5. The Balaban J connectivity index is 1.04. The molecule has 7 aliphatic rings. The molecule has 0 heterocycles. The molecule has 0 aromatic carbocycles. The summed E-state index contributed by atoms with van der Waals surface area (Å²) in [7, 11) is 1.90. The Morgan fingerprint density at radius 2 is 1.05 bits per heavy atom. The lowest BCUT2D eigenvalue weighted by atomic mass is 9.47. The number of hydrogen-bond acceptors (Lipinski definition) is 2. The van der Waals surface area contributed by atoms with Gasteiger partial charge < -0.3 is 4.74 Å². The summed E-state index contributed by atoms with van der Waals surface area (Å²) in [6.07, 6.45) is 37.1. The fraction of sp³-hybridized carbons (Fsp3) is 0.947. The van der Waals surface area contributed by atoms with Crippen molar-refractivity contribution in [3.8, 4) is 0 Å². The van der Waals surface area contributed by atoms with E-state index in [0.717, 1.165) is 71.4 Å². The lowest BCUT2D eigenvalue weighted by molar-refractivity contribution is -0.124. The molecule has 2 heteroatoms. The predicted molar refractivity (Wildman–Crippen MR) is 167 cm³/mol. The van der Waals surface area contributed by atoms with Crippen LogP contribution in [0.5, 0.6) is 0 Å². The highest BCUT2D eigenvalue weighted by Crippen LogP contribution is 2.61. The van der Waals surface area contributed by atoms with Crippen LogP contribution in [0.2, 0.25) is 0 Å². The molecule has 0 bridgehead atoms. The molecule has 0 aromatic heterocycles. The summed E-state index contributed by atoms with van der Waals surface area (Å²) in [5, 5.41) is 0. The maximum Gasteiger partial charge on any atom is 0.0571 e. The van der Waals surface area contributed by atoms with Crippen LogP contribution in [-0.2, 0) is 4.74 Å². The molecular weight excluding hydrogens is 486 g/mol. The first-order valence-corrected chi connectivity index (χ1v) is 18.7. The third-order valence-electron chi connectivity index (χ3n) is 14.5. The molecule has 7 saturated carbocycles. The molecule has 2 nitrogen and oxygen atoms in total. The van der Waals surface area contributed by atoms with E-state index in [1.54, 1.807) is 57.8 Å². The van der Waals surface area contributed by atoms with Gasteiger partial charge in [0, 0.05) is 25.2 Å². The largest absolute Gasteiger partial charge is 0.381 e. The molecule has 7 atom stereocenters. The van der Waals surface area contributed by atoms with Gasteiger partial charge in [-0.1, -0.05) is 38.3 Å². The van der Waals surface area contributed by atoms with Crippen LogP contribution in [0.15, 0.2) is 12.2 Å². The first kappa shape index (κ1) is 28.4. The van der Waals surface area contributed by atoms with Crippen LogP contribution in [0, 0.1) is 53.3 Å². The monoisotopic (exact) mass is 549 g/mol. The smallest absolute Gasteiger partial charge is 0.0571 e. The number of hydrogen-bond donors (Lipinski definition) is 0. The zero-order chi connectivity index (χ0) is 27.1. The average molecular weight is 550 g/mol. The molecule has 226 valence electrons. The lowest BCUT2D eigenvalue weighted by Gasteiger charge is -2.62. The van der Waals surface area contributed by atoms with Crippen LogP contribution < -0.4 is 0 Å². The van der Waals surface area contributed by atoms with Crippen molar-refractivity contribution in [2.75, 3.05) is 7.11 Å². The summed E-state index contributed by atoms with van der Waals surface area (Å²) in [6, 6.07) is 2.70. The van der Waals surface area contributed by atoms with Crippen molar-refractivity contribution in [2.45, 2.75) is 166 Å². The highest BCUT2D eigenvalue weighted by molar-refractivity contribution is 5.07. The van der Waals surface area contributed by atoms with Gasteiger partial charge in [0.1, 0.15) is 0 Å². The molecule has 7 rings (SSSR count). The van der Waals surface area contributed by atoms with Gasteiger partial charge in [0.25, 0.3) is 0 Å². The molecule has 0 amide bonds. The Morgan fingerprint density at radius 3 is 1.68 bits per heavy atom. The first-order chi connectivity index (χ1) is 19.7. The van der Waals surface area contributed by atoms with Gasteiger partial charge in [-0.25, -0.2) is 0 Å². The zero-order valence-electron chi connectivity index (χ0n) is 26.4. The van der Waals surface area contributed by atoms with Crippen molar-refractivity contribution in [1.82, 2.24) is 4.90 Å². The van der Waals surface area contributed by atoms with Crippen LogP contribution in [-0.4, -0.2) is 36.2 Å². The second kappa shape index (κ2) is 12.7. The average Bonchev–Trinajstić information content (AvgIpc) is 3.01. The molecule has 0 aromatic rings. The molecule has 7 unspecified atom stereocenters. The summed E-state index contributed by atoms with van der Waals surface area (Å²) < 4.78 is 5.62. The Labute approximate surface area is 247 Å². The summed E-state index contributed by atoms with van der Waals surface area (Å²) in [4.78, 5) is 3.32. The van der Waals surface area contributed by atoms with Crippen molar-refractivity contribution >= 4 is 0 Å².